The van der Waals surface area contributed by atoms with E-state index < -0.39 is 23.6 Å². The number of aromatic hydroxyl groups is 1. The first-order chi connectivity index (χ1) is 14.5. The molecule has 0 aliphatic heterocycles. The van der Waals surface area contributed by atoms with Crippen LogP contribution >= 0.6 is 0 Å². The van der Waals surface area contributed by atoms with Gasteiger partial charge in [-0.1, -0.05) is 32.4 Å². The van der Waals surface area contributed by atoms with Gasteiger partial charge in [0.15, 0.2) is 0 Å². The number of nitrogens with one attached hydrogen (secondary N) is 2. The molecule has 1 aromatic rings. The normalized spacial score (nSPS) is 13.1. The van der Waals surface area contributed by atoms with Crippen LogP contribution in [-0.2, 0) is 14.3 Å². The van der Waals surface area contributed by atoms with Crippen molar-refractivity contribution < 1.29 is 24.2 Å². The number of unbranched alkanes of at least 4 members (excludes halogenated alkanes) is 1. The Hall–Kier alpha value is -2.77. The Kier molecular flexibility index (Phi) is 10.3. The molecule has 0 saturated carbocycles. The molecular formula is C23H37N3O5. The van der Waals surface area contributed by atoms with E-state index in [1.807, 2.05) is 20.8 Å². The topological polar surface area (TPSA) is 108 Å². The molecule has 8 nitrogen and oxygen atoms in total. The largest absolute Gasteiger partial charge is 0.508 e. The predicted molar refractivity (Wildman–Crippen MR) is 120 cm³/mol. The maximum Gasteiger partial charge on any atom is 0.408 e. The van der Waals surface area contributed by atoms with Gasteiger partial charge in [0.1, 0.15) is 23.9 Å². The van der Waals surface area contributed by atoms with Gasteiger partial charge in [0, 0.05) is 12.6 Å². The Morgan fingerprint density at radius 1 is 1.16 bits per heavy atom. The van der Waals surface area contributed by atoms with Crippen molar-refractivity contribution >= 4 is 17.9 Å². The Bertz CT molecular complexity index is 745. The molecule has 2 atom stereocenters. The number of benzene rings is 1. The van der Waals surface area contributed by atoms with Crippen LogP contribution in [0.15, 0.2) is 24.3 Å². The van der Waals surface area contributed by atoms with E-state index in [0.717, 1.165) is 12.8 Å². The molecule has 0 radical (unpaired) electrons. The minimum atomic E-state index is -0.938. The third-order valence-electron chi connectivity index (χ3n) is 4.68. The lowest BCUT2D eigenvalue weighted by Gasteiger charge is -2.36. The van der Waals surface area contributed by atoms with Gasteiger partial charge in [0.05, 0.1) is 0 Å². The Labute approximate surface area is 185 Å². The minimum absolute atomic E-state index is 0.00675. The van der Waals surface area contributed by atoms with E-state index in [0.29, 0.717) is 18.5 Å². The second-order valence-corrected chi connectivity index (χ2v) is 8.56. The van der Waals surface area contributed by atoms with Gasteiger partial charge in [-0.2, -0.15) is 0 Å². The van der Waals surface area contributed by atoms with Crippen molar-refractivity contribution in [2.45, 2.75) is 78.5 Å². The number of ether oxygens (including phenoxy) is 1. The van der Waals surface area contributed by atoms with E-state index in [2.05, 4.69) is 10.6 Å². The summed E-state index contributed by atoms with van der Waals surface area (Å²) in [6.45, 7) is 11.2. The second-order valence-electron chi connectivity index (χ2n) is 8.56. The van der Waals surface area contributed by atoms with Crippen LogP contribution in [0.1, 0.15) is 72.4 Å². The number of hydrogen-bond acceptors (Lipinski definition) is 5. The molecule has 0 aliphatic rings. The zero-order chi connectivity index (χ0) is 23.6. The van der Waals surface area contributed by atoms with E-state index >= 15 is 0 Å². The number of hydrogen-bond donors (Lipinski definition) is 3. The number of carbonyl (C=O) groups is 3. The average molecular weight is 436 g/mol. The summed E-state index contributed by atoms with van der Waals surface area (Å²) in [7, 11) is 0. The predicted octanol–water partition coefficient (Wildman–Crippen LogP) is 3.50. The second kappa shape index (κ2) is 12.2. The molecule has 3 N–H and O–H groups in total. The highest BCUT2D eigenvalue weighted by Crippen LogP contribution is 2.27. The van der Waals surface area contributed by atoms with E-state index in [9.17, 15) is 19.5 Å². The van der Waals surface area contributed by atoms with Gasteiger partial charge in [0.25, 0.3) is 0 Å². The van der Waals surface area contributed by atoms with Crippen molar-refractivity contribution in [3.05, 3.63) is 29.8 Å². The van der Waals surface area contributed by atoms with E-state index in [1.165, 1.54) is 17.0 Å². The van der Waals surface area contributed by atoms with Crippen LogP contribution in [0.25, 0.3) is 0 Å². The Morgan fingerprint density at radius 2 is 1.84 bits per heavy atom. The molecule has 31 heavy (non-hydrogen) atoms. The molecule has 1 rings (SSSR count). The third kappa shape index (κ3) is 8.86. The fraction of sp³-hybridized carbons (Fsp3) is 0.609. The summed E-state index contributed by atoms with van der Waals surface area (Å²) in [6, 6.07) is 5.11. The van der Waals surface area contributed by atoms with Gasteiger partial charge in [-0.3, -0.25) is 9.59 Å². The van der Waals surface area contributed by atoms with Crippen LogP contribution in [0.2, 0.25) is 0 Å². The van der Waals surface area contributed by atoms with Gasteiger partial charge >= 0.3 is 6.09 Å². The molecule has 0 heterocycles. The van der Waals surface area contributed by atoms with Crippen LogP contribution < -0.4 is 10.6 Å². The van der Waals surface area contributed by atoms with Gasteiger partial charge in [-0.05, 0) is 58.2 Å². The van der Waals surface area contributed by atoms with Crippen LogP contribution in [-0.4, -0.2) is 52.6 Å². The summed E-state index contributed by atoms with van der Waals surface area (Å²) in [5.74, 6) is -0.739. The summed E-state index contributed by atoms with van der Waals surface area (Å²) in [6.07, 6.45) is 1.64. The van der Waals surface area contributed by atoms with Gasteiger partial charge in [-0.25, -0.2) is 4.79 Å². The fourth-order valence-electron chi connectivity index (χ4n) is 3.01. The number of nitrogens with zero attached hydrogens (tertiary/aromatic N) is 1. The fourth-order valence-corrected chi connectivity index (χ4v) is 3.01. The summed E-state index contributed by atoms with van der Waals surface area (Å²) in [5, 5.41) is 15.3. The van der Waals surface area contributed by atoms with E-state index in [4.69, 9.17) is 4.74 Å². The van der Waals surface area contributed by atoms with Gasteiger partial charge < -0.3 is 25.4 Å². The standard InChI is InChI=1S/C23H37N3O5/c1-7-9-13-24-21(29)20(17-11-10-12-18(27)14-17)26(16(3)8-2)19(28)15-25-22(30)31-23(4,5)6/h10-12,14,16,20,27H,7-9,13,15H2,1-6H3,(H,24,29)(H,25,30). The lowest BCUT2D eigenvalue weighted by molar-refractivity contribution is -0.142. The van der Waals surface area contributed by atoms with Crippen molar-refractivity contribution in [3.63, 3.8) is 0 Å². The van der Waals surface area contributed by atoms with Crippen LogP contribution in [0.4, 0.5) is 4.79 Å². The number of alkyl carbamates (subject to hydrolysis) is 1. The first-order valence-electron chi connectivity index (χ1n) is 10.8. The Balaban J connectivity index is 3.17. The molecule has 174 valence electrons. The van der Waals surface area contributed by atoms with E-state index in [-0.39, 0.29) is 24.2 Å². The first kappa shape index (κ1) is 26.3. The summed E-state index contributed by atoms with van der Waals surface area (Å²) < 4.78 is 5.20. The molecule has 2 unspecified atom stereocenters. The quantitative estimate of drug-likeness (QED) is 0.488. The van der Waals surface area contributed by atoms with Crippen LogP contribution in [0, 0.1) is 0 Å². The van der Waals surface area contributed by atoms with E-state index in [1.54, 1.807) is 32.9 Å². The van der Waals surface area contributed by atoms with Crippen molar-refractivity contribution in [2.75, 3.05) is 13.1 Å². The Morgan fingerprint density at radius 3 is 2.39 bits per heavy atom. The highest BCUT2D eigenvalue weighted by Gasteiger charge is 2.34. The summed E-state index contributed by atoms with van der Waals surface area (Å²) >= 11 is 0. The molecule has 3 amide bonds. The summed E-state index contributed by atoms with van der Waals surface area (Å²) in [4.78, 5) is 39.8. The van der Waals surface area contributed by atoms with Crippen LogP contribution in [0.3, 0.4) is 0 Å². The zero-order valence-corrected chi connectivity index (χ0v) is 19.5. The summed E-state index contributed by atoms with van der Waals surface area (Å²) in [5.41, 5.74) is -0.188. The highest BCUT2D eigenvalue weighted by atomic mass is 16.6. The maximum atomic E-state index is 13.2. The molecule has 8 heteroatoms. The number of phenolic OH excluding ortho intramolecular Hbond substituents is 1. The van der Waals surface area contributed by atoms with Crippen molar-refractivity contribution in [1.82, 2.24) is 15.5 Å². The van der Waals surface area contributed by atoms with Gasteiger partial charge in [0.2, 0.25) is 11.8 Å². The zero-order valence-electron chi connectivity index (χ0n) is 19.5. The molecule has 1 aromatic carbocycles. The molecule has 0 aliphatic carbocycles. The minimum Gasteiger partial charge on any atom is -0.508 e. The molecule has 0 aromatic heterocycles. The van der Waals surface area contributed by atoms with Crippen molar-refractivity contribution in [1.29, 1.82) is 0 Å². The lowest BCUT2D eigenvalue weighted by Crippen LogP contribution is -2.51. The maximum absolute atomic E-state index is 13.2. The monoisotopic (exact) mass is 435 g/mol. The molecule has 0 fully saturated rings. The first-order valence-corrected chi connectivity index (χ1v) is 10.8. The van der Waals surface area contributed by atoms with Crippen LogP contribution in [0.5, 0.6) is 5.75 Å². The number of amides is 3. The average Bonchev–Trinajstić information content (AvgIpc) is 2.68. The molecule has 0 spiro atoms. The smallest absolute Gasteiger partial charge is 0.408 e. The number of rotatable bonds is 10. The van der Waals surface area contributed by atoms with Gasteiger partial charge in [-0.15, -0.1) is 0 Å². The van der Waals surface area contributed by atoms with Crippen molar-refractivity contribution in [2.24, 2.45) is 0 Å². The highest BCUT2D eigenvalue weighted by molar-refractivity contribution is 5.90. The number of phenols is 1. The lowest BCUT2D eigenvalue weighted by atomic mass is 10.0. The molecular weight excluding hydrogens is 398 g/mol. The molecule has 0 bridgehead atoms. The molecule has 0 saturated heterocycles. The SMILES string of the molecule is CCCCNC(=O)C(c1cccc(O)c1)N(C(=O)CNC(=O)OC(C)(C)C)C(C)CC. The number of carbonyl (C=O) groups excluding carboxylic acids is 3. The third-order valence-corrected chi connectivity index (χ3v) is 4.68. The van der Waals surface area contributed by atoms with Crippen molar-refractivity contribution in [3.8, 4) is 5.75 Å².